The van der Waals surface area contributed by atoms with Gasteiger partial charge in [-0.25, -0.2) is 4.79 Å². The molecule has 0 bridgehead atoms. The highest BCUT2D eigenvalue weighted by Gasteiger charge is 2.30. The van der Waals surface area contributed by atoms with Crippen LogP contribution < -0.4 is 10.6 Å². The molecule has 4 rings (SSSR count). The summed E-state index contributed by atoms with van der Waals surface area (Å²) in [5.41, 5.74) is 2.57. The van der Waals surface area contributed by atoms with E-state index in [1.165, 1.54) is 0 Å². The fourth-order valence-corrected chi connectivity index (χ4v) is 3.82. The number of esters is 1. The third kappa shape index (κ3) is 6.15. The van der Waals surface area contributed by atoms with Gasteiger partial charge in [-0.2, -0.15) is 0 Å². The second-order valence-corrected chi connectivity index (χ2v) is 8.22. The summed E-state index contributed by atoms with van der Waals surface area (Å²) in [5, 5.41) is 18.2. The van der Waals surface area contributed by atoms with E-state index in [0.29, 0.717) is 22.7 Å². The van der Waals surface area contributed by atoms with Gasteiger partial charge in [0.15, 0.2) is 6.10 Å². The molecule has 3 aromatic carbocycles. The molecular formula is C27H24ClN3O4. The molecule has 0 spiro atoms. The molecule has 0 fully saturated rings. The van der Waals surface area contributed by atoms with Crippen molar-refractivity contribution in [1.82, 2.24) is 10.3 Å². The molecule has 178 valence electrons. The lowest BCUT2D eigenvalue weighted by Crippen LogP contribution is -2.41. The SMILES string of the molecule is O=C(N[C@@H](c1ccccc1)[C@@H](O)C(=O)OCCNc1ccnc2cc(Cl)ccc12)c1ccccc1. The first-order valence-electron chi connectivity index (χ1n) is 11.1. The largest absolute Gasteiger partial charge is 0.462 e. The number of nitrogens with one attached hydrogen (secondary N) is 2. The maximum atomic E-state index is 12.7. The summed E-state index contributed by atoms with van der Waals surface area (Å²) in [6.07, 6.45) is 0.0744. The Kier molecular flexibility index (Phi) is 7.92. The quantitative estimate of drug-likeness (QED) is 0.238. The molecule has 0 aliphatic heterocycles. The van der Waals surface area contributed by atoms with Crippen LogP contribution in [0.2, 0.25) is 5.02 Å². The number of benzene rings is 3. The molecule has 1 amide bonds. The first-order chi connectivity index (χ1) is 17.0. The van der Waals surface area contributed by atoms with Gasteiger partial charge in [-0.3, -0.25) is 9.78 Å². The van der Waals surface area contributed by atoms with E-state index in [4.69, 9.17) is 16.3 Å². The average Bonchev–Trinajstić information content (AvgIpc) is 2.90. The zero-order valence-corrected chi connectivity index (χ0v) is 19.5. The van der Waals surface area contributed by atoms with E-state index >= 15 is 0 Å². The molecule has 35 heavy (non-hydrogen) atoms. The molecule has 4 aromatic rings. The standard InChI is InChI=1S/C27H24ClN3O4/c28-20-11-12-21-22(13-14-29-23(21)17-20)30-15-16-35-27(34)25(32)24(18-7-3-1-4-8-18)31-26(33)19-9-5-2-6-10-19/h1-14,17,24-25,32H,15-16H2,(H,29,30)(H,31,33)/t24-,25+/m0/s1. The zero-order chi connectivity index (χ0) is 24.6. The van der Waals surface area contributed by atoms with Gasteiger partial charge in [-0.05, 0) is 42.0 Å². The number of fused-ring (bicyclic) bond motifs is 1. The number of aromatic nitrogens is 1. The Bertz CT molecular complexity index is 1300. The summed E-state index contributed by atoms with van der Waals surface area (Å²) >= 11 is 6.03. The van der Waals surface area contributed by atoms with E-state index in [1.54, 1.807) is 72.9 Å². The molecule has 0 saturated heterocycles. The summed E-state index contributed by atoms with van der Waals surface area (Å²) in [6, 6.07) is 23.7. The molecule has 3 N–H and O–H groups in total. The molecule has 0 saturated carbocycles. The first-order valence-corrected chi connectivity index (χ1v) is 11.4. The van der Waals surface area contributed by atoms with Gasteiger partial charge in [-0.15, -0.1) is 0 Å². The smallest absolute Gasteiger partial charge is 0.337 e. The van der Waals surface area contributed by atoms with Gasteiger partial charge in [-0.1, -0.05) is 60.1 Å². The minimum atomic E-state index is -1.59. The highest BCUT2D eigenvalue weighted by molar-refractivity contribution is 6.31. The van der Waals surface area contributed by atoms with Crippen LogP contribution in [0.4, 0.5) is 5.69 Å². The van der Waals surface area contributed by atoms with Gasteiger partial charge >= 0.3 is 5.97 Å². The van der Waals surface area contributed by atoms with Crippen molar-refractivity contribution in [2.45, 2.75) is 12.1 Å². The average molecular weight is 490 g/mol. The van der Waals surface area contributed by atoms with Gasteiger partial charge in [0, 0.05) is 34.4 Å². The fraction of sp³-hybridized carbons (Fsp3) is 0.148. The predicted molar refractivity (Wildman–Crippen MR) is 135 cm³/mol. The lowest BCUT2D eigenvalue weighted by atomic mass is 10.0. The second kappa shape index (κ2) is 11.5. The molecule has 0 radical (unpaired) electrons. The number of pyridine rings is 1. The van der Waals surface area contributed by atoms with Crippen LogP contribution in [0.1, 0.15) is 22.0 Å². The van der Waals surface area contributed by atoms with E-state index < -0.39 is 24.0 Å². The lowest BCUT2D eigenvalue weighted by molar-refractivity contribution is -0.154. The van der Waals surface area contributed by atoms with E-state index in [-0.39, 0.29) is 6.61 Å². The maximum Gasteiger partial charge on any atom is 0.337 e. The molecule has 7 nitrogen and oxygen atoms in total. The Morgan fingerprint density at radius 1 is 0.971 bits per heavy atom. The van der Waals surface area contributed by atoms with Gasteiger partial charge < -0.3 is 20.5 Å². The van der Waals surface area contributed by atoms with Crippen LogP contribution in [0.15, 0.2) is 91.1 Å². The maximum absolute atomic E-state index is 12.7. The number of halogens is 1. The van der Waals surface area contributed by atoms with E-state index in [1.807, 2.05) is 18.2 Å². The van der Waals surface area contributed by atoms with E-state index in [9.17, 15) is 14.7 Å². The topological polar surface area (TPSA) is 101 Å². The van der Waals surface area contributed by atoms with Crippen LogP contribution in [-0.4, -0.2) is 41.2 Å². The predicted octanol–water partition coefficient (Wildman–Crippen LogP) is 4.38. The van der Waals surface area contributed by atoms with Gasteiger partial charge in [0.1, 0.15) is 6.61 Å². The number of carbonyl (C=O) groups excluding carboxylic acids is 2. The Hall–Kier alpha value is -3.94. The van der Waals surface area contributed by atoms with Crippen molar-refractivity contribution < 1.29 is 19.4 Å². The number of nitrogens with zero attached hydrogens (tertiary/aromatic N) is 1. The molecule has 1 aromatic heterocycles. The molecule has 0 unspecified atom stereocenters. The molecule has 0 aliphatic rings. The number of aliphatic hydroxyl groups excluding tert-OH is 1. The first kappa shape index (κ1) is 24.2. The van der Waals surface area contributed by atoms with Crippen LogP contribution in [0.5, 0.6) is 0 Å². The second-order valence-electron chi connectivity index (χ2n) is 7.79. The Morgan fingerprint density at radius 2 is 1.69 bits per heavy atom. The minimum absolute atomic E-state index is 0.0153. The molecule has 2 atom stereocenters. The van der Waals surface area contributed by atoms with Crippen LogP contribution in [-0.2, 0) is 9.53 Å². The third-order valence-corrected chi connectivity index (χ3v) is 5.64. The summed E-state index contributed by atoms with van der Waals surface area (Å²) in [6.45, 7) is 0.327. The number of amides is 1. The third-order valence-electron chi connectivity index (χ3n) is 5.41. The molecular weight excluding hydrogens is 466 g/mol. The van der Waals surface area contributed by atoms with Crippen LogP contribution in [0.3, 0.4) is 0 Å². The van der Waals surface area contributed by atoms with Crippen LogP contribution in [0, 0.1) is 0 Å². The van der Waals surface area contributed by atoms with Crippen molar-refractivity contribution in [2.24, 2.45) is 0 Å². The summed E-state index contributed by atoms with van der Waals surface area (Å²) in [7, 11) is 0. The van der Waals surface area contributed by atoms with Crippen molar-refractivity contribution in [1.29, 1.82) is 0 Å². The monoisotopic (exact) mass is 489 g/mol. The zero-order valence-electron chi connectivity index (χ0n) is 18.7. The highest BCUT2D eigenvalue weighted by atomic mass is 35.5. The molecule has 1 heterocycles. The summed E-state index contributed by atoms with van der Waals surface area (Å²) in [5.74, 6) is -1.24. The van der Waals surface area contributed by atoms with E-state index in [0.717, 1.165) is 16.6 Å². The number of rotatable bonds is 9. The van der Waals surface area contributed by atoms with Gasteiger partial charge in [0.2, 0.25) is 0 Å². The Labute approximate surface area is 207 Å². The summed E-state index contributed by atoms with van der Waals surface area (Å²) < 4.78 is 5.31. The summed E-state index contributed by atoms with van der Waals surface area (Å²) in [4.78, 5) is 29.7. The van der Waals surface area contributed by atoms with Crippen molar-refractivity contribution >= 4 is 40.1 Å². The number of hydrogen-bond donors (Lipinski definition) is 3. The van der Waals surface area contributed by atoms with E-state index in [2.05, 4.69) is 15.6 Å². The van der Waals surface area contributed by atoms with Gasteiger partial charge in [0.05, 0.1) is 11.6 Å². The lowest BCUT2D eigenvalue weighted by Gasteiger charge is -2.23. The van der Waals surface area contributed by atoms with Gasteiger partial charge in [0.25, 0.3) is 5.91 Å². The molecule has 0 aliphatic carbocycles. The van der Waals surface area contributed by atoms with Crippen molar-refractivity contribution in [3.8, 4) is 0 Å². The molecule has 8 heteroatoms. The number of hydrogen-bond acceptors (Lipinski definition) is 6. The van der Waals surface area contributed by atoms with Crippen molar-refractivity contribution in [3.05, 3.63) is 107 Å². The Morgan fingerprint density at radius 3 is 2.43 bits per heavy atom. The fourth-order valence-electron chi connectivity index (χ4n) is 3.65. The number of anilines is 1. The van der Waals surface area contributed by atoms with Crippen LogP contribution >= 0.6 is 11.6 Å². The number of aliphatic hydroxyl groups is 1. The normalized spacial score (nSPS) is 12.5. The highest BCUT2D eigenvalue weighted by Crippen LogP contribution is 2.24. The van der Waals surface area contributed by atoms with Crippen LogP contribution in [0.25, 0.3) is 10.9 Å². The minimum Gasteiger partial charge on any atom is -0.462 e. The number of carbonyl (C=O) groups is 2. The van der Waals surface area contributed by atoms with Crippen molar-refractivity contribution in [2.75, 3.05) is 18.5 Å². The Balaban J connectivity index is 1.38. The van der Waals surface area contributed by atoms with Crippen molar-refractivity contribution in [3.63, 3.8) is 0 Å². The number of ether oxygens (including phenoxy) is 1.